The van der Waals surface area contributed by atoms with Crippen molar-refractivity contribution in [2.24, 2.45) is 5.73 Å². The molecule has 0 bridgehead atoms. The third kappa shape index (κ3) is 4.54. The molecule has 19 heavy (non-hydrogen) atoms. The van der Waals surface area contributed by atoms with Gasteiger partial charge in [-0.25, -0.2) is 0 Å². The first kappa shape index (κ1) is 15.5. The third-order valence-electron chi connectivity index (χ3n) is 2.91. The summed E-state index contributed by atoms with van der Waals surface area (Å²) >= 11 is 0. The first-order valence-corrected chi connectivity index (χ1v) is 6.21. The van der Waals surface area contributed by atoms with Crippen molar-refractivity contribution >= 4 is 11.6 Å². The number of hydrogen-bond donors (Lipinski definition) is 1. The van der Waals surface area contributed by atoms with Gasteiger partial charge >= 0.3 is 0 Å². The van der Waals surface area contributed by atoms with Crippen LogP contribution in [0.5, 0.6) is 0 Å². The molecule has 5 nitrogen and oxygen atoms in total. The Morgan fingerprint density at radius 1 is 1.26 bits per heavy atom. The number of benzene rings is 1. The van der Waals surface area contributed by atoms with Crippen LogP contribution in [-0.2, 0) is 16.1 Å². The topological polar surface area (TPSA) is 58.8 Å². The predicted octanol–water partition coefficient (Wildman–Crippen LogP) is 0.685. The molecule has 0 aliphatic rings. The van der Waals surface area contributed by atoms with E-state index < -0.39 is 6.04 Å². The van der Waals surface area contributed by atoms with E-state index >= 15 is 0 Å². The first-order chi connectivity index (χ1) is 8.95. The Balaban J connectivity index is 2.61. The van der Waals surface area contributed by atoms with Gasteiger partial charge in [-0.15, -0.1) is 0 Å². The van der Waals surface area contributed by atoms with Crippen LogP contribution in [0.4, 0.5) is 5.69 Å². The minimum absolute atomic E-state index is 0.112. The van der Waals surface area contributed by atoms with Crippen LogP contribution in [0, 0.1) is 0 Å². The molecular weight excluding hydrogens is 242 g/mol. The summed E-state index contributed by atoms with van der Waals surface area (Å²) in [4.78, 5) is 15.6. The highest BCUT2D eigenvalue weighted by Gasteiger charge is 2.17. The molecule has 2 N–H and O–H groups in total. The molecule has 1 atom stereocenters. The second kappa shape index (κ2) is 7.11. The van der Waals surface area contributed by atoms with Gasteiger partial charge in [-0.1, -0.05) is 12.1 Å². The highest BCUT2D eigenvalue weighted by Crippen LogP contribution is 2.13. The highest BCUT2D eigenvalue weighted by atomic mass is 16.5. The van der Waals surface area contributed by atoms with Crippen molar-refractivity contribution in [1.82, 2.24) is 4.90 Å². The molecule has 5 heteroatoms. The molecule has 1 amide bonds. The Morgan fingerprint density at radius 2 is 1.84 bits per heavy atom. The molecule has 1 aromatic rings. The van der Waals surface area contributed by atoms with Crippen LogP contribution in [0.3, 0.4) is 0 Å². The van der Waals surface area contributed by atoms with E-state index in [4.69, 9.17) is 10.5 Å². The van der Waals surface area contributed by atoms with Gasteiger partial charge in [0.25, 0.3) is 0 Å². The first-order valence-electron chi connectivity index (χ1n) is 6.21. The van der Waals surface area contributed by atoms with Crippen molar-refractivity contribution in [2.75, 3.05) is 39.8 Å². The molecule has 106 valence electrons. The van der Waals surface area contributed by atoms with Crippen LogP contribution in [-0.4, -0.2) is 51.7 Å². The maximum Gasteiger partial charge on any atom is 0.241 e. The largest absolute Gasteiger partial charge is 0.383 e. The Morgan fingerprint density at radius 3 is 2.32 bits per heavy atom. The van der Waals surface area contributed by atoms with Crippen molar-refractivity contribution in [3.63, 3.8) is 0 Å². The van der Waals surface area contributed by atoms with Crippen molar-refractivity contribution in [2.45, 2.75) is 12.6 Å². The zero-order valence-corrected chi connectivity index (χ0v) is 12.1. The second-order valence-corrected chi connectivity index (χ2v) is 4.82. The van der Waals surface area contributed by atoms with Gasteiger partial charge in [0.15, 0.2) is 0 Å². The molecule has 1 aromatic carbocycles. The molecule has 0 spiro atoms. The Hall–Kier alpha value is -1.59. The molecule has 0 aliphatic carbocycles. The number of methoxy groups -OCH3 is 1. The second-order valence-electron chi connectivity index (χ2n) is 4.82. The van der Waals surface area contributed by atoms with Gasteiger partial charge in [-0.3, -0.25) is 4.79 Å². The van der Waals surface area contributed by atoms with Crippen molar-refractivity contribution in [1.29, 1.82) is 0 Å². The number of rotatable bonds is 6. The lowest BCUT2D eigenvalue weighted by atomic mass is 10.2. The minimum atomic E-state index is -0.601. The van der Waals surface area contributed by atoms with Gasteiger partial charge in [0.2, 0.25) is 5.91 Å². The number of amides is 1. The van der Waals surface area contributed by atoms with E-state index in [1.165, 1.54) is 7.11 Å². The number of anilines is 1. The monoisotopic (exact) mass is 265 g/mol. The fourth-order valence-electron chi connectivity index (χ4n) is 1.79. The number of carbonyl (C=O) groups excluding carboxylic acids is 1. The molecule has 1 rings (SSSR count). The molecule has 0 fully saturated rings. The molecule has 0 aromatic heterocycles. The maximum absolute atomic E-state index is 11.9. The Bertz CT molecular complexity index is 404. The van der Waals surface area contributed by atoms with E-state index in [-0.39, 0.29) is 12.5 Å². The number of likely N-dealkylation sites (N-methyl/N-ethyl adjacent to an activating group) is 1. The number of ether oxygens (including phenoxy) is 1. The molecule has 0 aliphatic heterocycles. The lowest BCUT2D eigenvalue weighted by Crippen LogP contribution is -2.44. The fraction of sp³-hybridized carbons (Fsp3) is 0.500. The summed E-state index contributed by atoms with van der Waals surface area (Å²) in [5.74, 6) is -0.112. The smallest absolute Gasteiger partial charge is 0.241 e. The third-order valence-corrected chi connectivity index (χ3v) is 2.91. The molecule has 0 saturated heterocycles. The summed E-state index contributed by atoms with van der Waals surface area (Å²) in [6.07, 6.45) is 0. The highest BCUT2D eigenvalue weighted by molar-refractivity contribution is 5.81. The summed E-state index contributed by atoms with van der Waals surface area (Å²) < 4.78 is 4.89. The van der Waals surface area contributed by atoms with E-state index in [0.29, 0.717) is 6.54 Å². The Kier molecular flexibility index (Phi) is 5.79. The van der Waals surface area contributed by atoms with Crippen LogP contribution in [0.1, 0.15) is 5.56 Å². The van der Waals surface area contributed by atoms with Gasteiger partial charge in [0.05, 0.1) is 6.61 Å². The van der Waals surface area contributed by atoms with Crippen molar-refractivity contribution in [3.05, 3.63) is 29.8 Å². The van der Waals surface area contributed by atoms with E-state index in [9.17, 15) is 4.79 Å². The van der Waals surface area contributed by atoms with Gasteiger partial charge < -0.3 is 20.3 Å². The zero-order chi connectivity index (χ0) is 14.4. The molecule has 1 unspecified atom stereocenters. The number of carbonyl (C=O) groups is 1. The zero-order valence-electron chi connectivity index (χ0n) is 12.1. The molecule has 0 radical (unpaired) electrons. The summed E-state index contributed by atoms with van der Waals surface area (Å²) in [5, 5.41) is 0. The average Bonchev–Trinajstić information content (AvgIpc) is 2.38. The summed E-state index contributed by atoms with van der Waals surface area (Å²) in [7, 11) is 7.27. The maximum atomic E-state index is 11.9. The molecule has 0 heterocycles. The normalized spacial score (nSPS) is 12.1. The molecule has 0 saturated carbocycles. The van der Waals surface area contributed by atoms with Gasteiger partial charge in [0.1, 0.15) is 6.04 Å². The lowest BCUT2D eigenvalue weighted by molar-refractivity contribution is -0.132. The van der Waals surface area contributed by atoms with Gasteiger partial charge in [-0.2, -0.15) is 0 Å². The predicted molar refractivity (Wildman–Crippen MR) is 77.1 cm³/mol. The van der Waals surface area contributed by atoms with Crippen LogP contribution in [0.25, 0.3) is 0 Å². The van der Waals surface area contributed by atoms with Crippen molar-refractivity contribution < 1.29 is 9.53 Å². The average molecular weight is 265 g/mol. The van der Waals surface area contributed by atoms with Crippen LogP contribution in [0.2, 0.25) is 0 Å². The number of nitrogens with zero attached hydrogens (tertiary/aromatic N) is 2. The fourth-order valence-corrected chi connectivity index (χ4v) is 1.79. The Labute approximate surface area is 114 Å². The lowest BCUT2D eigenvalue weighted by Gasteiger charge is -2.21. The number of hydrogen-bond acceptors (Lipinski definition) is 4. The quantitative estimate of drug-likeness (QED) is 0.822. The summed E-state index contributed by atoms with van der Waals surface area (Å²) in [5.41, 5.74) is 7.93. The minimum Gasteiger partial charge on any atom is -0.383 e. The van der Waals surface area contributed by atoms with Crippen LogP contribution < -0.4 is 10.6 Å². The SMILES string of the molecule is COCC(N)C(=O)N(C)Cc1ccc(N(C)C)cc1. The van der Waals surface area contributed by atoms with E-state index in [1.54, 1.807) is 11.9 Å². The number of nitrogens with two attached hydrogens (primary N) is 1. The summed E-state index contributed by atoms with van der Waals surface area (Å²) in [6.45, 7) is 0.784. The van der Waals surface area contributed by atoms with E-state index in [2.05, 4.69) is 0 Å². The van der Waals surface area contributed by atoms with Crippen LogP contribution in [0.15, 0.2) is 24.3 Å². The van der Waals surface area contributed by atoms with Gasteiger partial charge in [-0.05, 0) is 17.7 Å². The van der Waals surface area contributed by atoms with E-state index in [1.807, 2.05) is 43.3 Å². The summed E-state index contributed by atoms with van der Waals surface area (Å²) in [6, 6.07) is 7.49. The van der Waals surface area contributed by atoms with E-state index in [0.717, 1.165) is 11.3 Å². The molecular formula is C14H23N3O2. The van der Waals surface area contributed by atoms with Crippen LogP contribution >= 0.6 is 0 Å². The standard InChI is InChI=1S/C14H23N3O2/c1-16(2)12-7-5-11(6-8-12)9-17(3)14(18)13(15)10-19-4/h5-8,13H,9-10,15H2,1-4H3. The van der Waals surface area contributed by atoms with Crippen molar-refractivity contribution in [3.8, 4) is 0 Å². The van der Waals surface area contributed by atoms with Gasteiger partial charge in [0, 0.05) is 40.5 Å².